The molecule has 1 N–H and O–H groups in total. The Bertz CT molecular complexity index is 1730. The van der Waals surface area contributed by atoms with Crippen molar-refractivity contribution in [3.8, 4) is 5.75 Å². The molecule has 48 heavy (non-hydrogen) atoms. The lowest BCUT2D eigenvalue weighted by Gasteiger charge is -2.34. The molecule has 0 radical (unpaired) electrons. The van der Waals surface area contributed by atoms with Crippen LogP contribution in [0.1, 0.15) is 43.4 Å². The molecule has 2 amide bonds. The molecule has 0 heterocycles. The molecule has 0 saturated carbocycles. The highest BCUT2D eigenvalue weighted by molar-refractivity contribution is 7.98. The quantitative estimate of drug-likeness (QED) is 0.0962. The summed E-state index contributed by atoms with van der Waals surface area (Å²) in [7, 11) is -4.25. The van der Waals surface area contributed by atoms with Gasteiger partial charge in [0.15, 0.2) is 0 Å². The molecule has 0 fully saturated rings. The summed E-state index contributed by atoms with van der Waals surface area (Å²) >= 11 is 1.50. The van der Waals surface area contributed by atoms with E-state index in [0.29, 0.717) is 18.9 Å². The van der Waals surface area contributed by atoms with Gasteiger partial charge in [0.25, 0.3) is 10.0 Å². The zero-order chi connectivity index (χ0) is 34.5. The molecular weight excluding hydrogens is 643 g/mol. The van der Waals surface area contributed by atoms with Gasteiger partial charge in [-0.15, -0.1) is 11.8 Å². The molecule has 0 aliphatic carbocycles. The van der Waals surface area contributed by atoms with Gasteiger partial charge < -0.3 is 15.0 Å². The van der Waals surface area contributed by atoms with E-state index in [9.17, 15) is 18.0 Å². The van der Waals surface area contributed by atoms with Crippen molar-refractivity contribution in [2.45, 2.75) is 62.4 Å². The van der Waals surface area contributed by atoms with Crippen LogP contribution in [0, 0.1) is 6.92 Å². The first-order chi connectivity index (χ1) is 23.2. The zero-order valence-corrected chi connectivity index (χ0v) is 29.7. The predicted octanol–water partition coefficient (Wildman–Crippen LogP) is 6.87. The van der Waals surface area contributed by atoms with E-state index < -0.39 is 28.5 Å². The van der Waals surface area contributed by atoms with Gasteiger partial charge in [-0.05, 0) is 74.0 Å². The number of hydrogen-bond acceptors (Lipinski definition) is 6. The third-order valence-electron chi connectivity index (χ3n) is 7.93. The number of thioether (sulfide) groups is 1. The third kappa shape index (κ3) is 9.64. The predicted molar refractivity (Wildman–Crippen MR) is 194 cm³/mol. The van der Waals surface area contributed by atoms with Crippen LogP contribution in [0.15, 0.2) is 113 Å². The zero-order valence-electron chi connectivity index (χ0n) is 28.1. The number of aryl methyl sites for hydroxylation is 1. The number of nitrogens with zero attached hydrogens (tertiary/aromatic N) is 2. The van der Waals surface area contributed by atoms with Crippen molar-refractivity contribution in [1.29, 1.82) is 0 Å². The summed E-state index contributed by atoms with van der Waals surface area (Å²) in [5.41, 5.74) is 3.01. The van der Waals surface area contributed by atoms with E-state index in [0.717, 1.165) is 38.7 Å². The van der Waals surface area contributed by atoms with Crippen molar-refractivity contribution in [3.63, 3.8) is 0 Å². The van der Waals surface area contributed by atoms with Crippen LogP contribution >= 0.6 is 11.8 Å². The van der Waals surface area contributed by atoms with E-state index in [1.54, 1.807) is 48.5 Å². The third-order valence-corrected chi connectivity index (χ3v) is 10.5. The van der Waals surface area contributed by atoms with Gasteiger partial charge >= 0.3 is 0 Å². The van der Waals surface area contributed by atoms with Gasteiger partial charge in [-0.25, -0.2) is 8.42 Å². The lowest BCUT2D eigenvalue weighted by Crippen LogP contribution is -2.53. The largest absolute Gasteiger partial charge is 0.492 e. The minimum absolute atomic E-state index is 0.0441. The van der Waals surface area contributed by atoms with E-state index in [1.807, 2.05) is 81.6 Å². The summed E-state index contributed by atoms with van der Waals surface area (Å²) < 4.78 is 35.8. The van der Waals surface area contributed by atoms with Gasteiger partial charge in [-0.3, -0.25) is 13.9 Å². The second kappa shape index (κ2) is 17.8. The second-order valence-corrected chi connectivity index (χ2v) is 14.2. The number of benzene rings is 4. The summed E-state index contributed by atoms with van der Waals surface area (Å²) in [6, 6.07) is 29.8. The Morgan fingerprint density at radius 1 is 0.854 bits per heavy atom. The fourth-order valence-corrected chi connectivity index (χ4v) is 7.11. The first kappa shape index (κ1) is 36.6. The number of rotatable bonds is 17. The van der Waals surface area contributed by atoms with Crippen molar-refractivity contribution in [1.82, 2.24) is 10.2 Å². The molecule has 0 aromatic heterocycles. The first-order valence-electron chi connectivity index (χ1n) is 16.2. The lowest BCUT2D eigenvalue weighted by molar-refractivity contribution is -0.140. The maximum Gasteiger partial charge on any atom is 0.264 e. The number of sulfonamides is 1. The van der Waals surface area contributed by atoms with Crippen molar-refractivity contribution < 1.29 is 22.7 Å². The molecule has 4 aromatic rings. The highest BCUT2D eigenvalue weighted by Gasteiger charge is 2.35. The maximum atomic E-state index is 14.7. The molecule has 0 bridgehead atoms. The van der Waals surface area contributed by atoms with Gasteiger partial charge in [-0.1, -0.05) is 85.6 Å². The number of unbranched alkanes of at least 4 members (excludes halogenated alkanes) is 1. The monoisotopic (exact) mass is 687 g/mol. The minimum atomic E-state index is -4.25. The van der Waals surface area contributed by atoms with Crippen LogP contribution in [0.4, 0.5) is 5.69 Å². The van der Waals surface area contributed by atoms with E-state index in [-0.39, 0.29) is 29.5 Å². The van der Waals surface area contributed by atoms with Crippen LogP contribution < -0.4 is 14.4 Å². The Hall–Kier alpha value is -4.28. The van der Waals surface area contributed by atoms with Crippen LogP contribution in [0.2, 0.25) is 0 Å². The summed E-state index contributed by atoms with van der Waals surface area (Å²) in [5, 5.41) is 3.03. The SMILES string of the molecule is CCCCNC(=O)C(Cc1ccccc1)N(Cc1ccc(C)cc1)C(=O)CN(c1ccccc1OCC)S(=O)(=O)c1ccc(SC)cc1. The van der Waals surface area contributed by atoms with Gasteiger partial charge in [0, 0.05) is 24.4 Å². The van der Waals surface area contributed by atoms with Crippen LogP contribution in [0.5, 0.6) is 5.75 Å². The number of anilines is 1. The minimum Gasteiger partial charge on any atom is -0.492 e. The van der Waals surface area contributed by atoms with Crippen LogP contribution in [0.3, 0.4) is 0 Å². The molecule has 0 aliphatic heterocycles. The molecule has 0 aliphatic rings. The van der Waals surface area contributed by atoms with E-state index >= 15 is 0 Å². The Morgan fingerprint density at radius 2 is 1.52 bits per heavy atom. The highest BCUT2D eigenvalue weighted by Crippen LogP contribution is 2.33. The van der Waals surface area contributed by atoms with Crippen LogP contribution in [-0.4, -0.2) is 57.1 Å². The van der Waals surface area contributed by atoms with Crippen molar-refractivity contribution >= 4 is 39.3 Å². The van der Waals surface area contributed by atoms with Gasteiger partial charge in [0.05, 0.1) is 17.2 Å². The van der Waals surface area contributed by atoms with Gasteiger partial charge in [0.2, 0.25) is 11.8 Å². The number of ether oxygens (including phenoxy) is 1. The van der Waals surface area contributed by atoms with Gasteiger partial charge in [0.1, 0.15) is 18.3 Å². The molecule has 254 valence electrons. The summed E-state index contributed by atoms with van der Waals surface area (Å²) in [6.07, 6.45) is 3.87. The van der Waals surface area contributed by atoms with Crippen molar-refractivity contribution in [2.75, 3.05) is 30.3 Å². The Balaban J connectivity index is 1.82. The fourth-order valence-electron chi connectivity index (χ4n) is 5.28. The van der Waals surface area contributed by atoms with E-state index in [2.05, 4.69) is 5.32 Å². The number of carbonyl (C=O) groups is 2. The molecule has 0 spiro atoms. The molecule has 4 rings (SSSR count). The fraction of sp³-hybridized carbons (Fsp3) is 0.316. The summed E-state index contributed by atoms with van der Waals surface area (Å²) in [5.74, 6) is -0.470. The second-order valence-electron chi connectivity index (χ2n) is 11.4. The number of hydrogen-bond donors (Lipinski definition) is 1. The number of para-hydroxylation sites is 2. The molecule has 0 saturated heterocycles. The van der Waals surface area contributed by atoms with Crippen LogP contribution in [-0.2, 0) is 32.6 Å². The standard InChI is InChI=1S/C38H45N3O5S2/c1-5-7-25-39-38(43)35(26-30-13-9-8-10-14-30)40(27-31-19-17-29(3)18-20-31)37(42)28-41(34-15-11-12-16-36(34)46-6-2)48(44,45)33-23-21-32(47-4)22-24-33/h8-24,35H,5-7,25-28H2,1-4H3,(H,39,43). The van der Waals surface area contributed by atoms with E-state index in [4.69, 9.17) is 4.74 Å². The Kier molecular flexibility index (Phi) is 13.5. The van der Waals surface area contributed by atoms with E-state index in [1.165, 1.54) is 16.7 Å². The Labute approximate surface area is 289 Å². The molecule has 1 atom stereocenters. The normalized spacial score (nSPS) is 11.8. The summed E-state index contributed by atoms with van der Waals surface area (Å²) in [6.45, 7) is 6.19. The van der Waals surface area contributed by atoms with Gasteiger partial charge in [-0.2, -0.15) is 0 Å². The molecule has 10 heteroatoms. The van der Waals surface area contributed by atoms with Crippen molar-refractivity contribution in [2.24, 2.45) is 0 Å². The lowest BCUT2D eigenvalue weighted by atomic mass is 10.0. The smallest absolute Gasteiger partial charge is 0.264 e. The van der Waals surface area contributed by atoms with Crippen molar-refractivity contribution in [3.05, 3.63) is 120 Å². The highest BCUT2D eigenvalue weighted by atomic mass is 32.2. The first-order valence-corrected chi connectivity index (χ1v) is 18.9. The maximum absolute atomic E-state index is 14.7. The molecule has 8 nitrogen and oxygen atoms in total. The molecule has 4 aromatic carbocycles. The topological polar surface area (TPSA) is 96.0 Å². The number of carbonyl (C=O) groups excluding carboxylic acids is 2. The summed E-state index contributed by atoms with van der Waals surface area (Å²) in [4.78, 5) is 31.1. The molecule has 1 unspecified atom stereocenters. The number of amides is 2. The number of nitrogens with one attached hydrogen (secondary N) is 1. The van der Waals surface area contributed by atoms with Crippen LogP contribution in [0.25, 0.3) is 0 Å². The average molecular weight is 688 g/mol. The molecular formula is C38H45N3O5S2. The average Bonchev–Trinajstić information content (AvgIpc) is 3.10. The Morgan fingerprint density at radius 3 is 2.17 bits per heavy atom.